The van der Waals surface area contributed by atoms with Crippen LogP contribution in [-0.2, 0) is 20.7 Å². The molecule has 3 aromatic carbocycles. The summed E-state index contributed by atoms with van der Waals surface area (Å²) in [5, 5.41) is 0. The molecule has 1 heterocycles. The van der Waals surface area contributed by atoms with E-state index in [2.05, 4.69) is 30.2 Å². The molecule has 0 radical (unpaired) electrons. The monoisotopic (exact) mass is 504 g/mol. The predicted octanol–water partition coefficient (Wildman–Crippen LogP) is 4.54. The summed E-state index contributed by atoms with van der Waals surface area (Å²) in [4.78, 5) is 16.6. The zero-order valence-corrected chi connectivity index (χ0v) is 20.4. The Labute approximate surface area is 210 Å². The largest absolute Gasteiger partial charge is 0.448 e. The van der Waals surface area contributed by atoms with Gasteiger partial charge >= 0.3 is 16.3 Å². The molecule has 1 aliphatic carbocycles. The van der Waals surface area contributed by atoms with E-state index in [1.807, 2.05) is 29.2 Å². The Morgan fingerprint density at radius 2 is 1.58 bits per heavy atom. The maximum Gasteiger partial charge on any atom is 0.409 e. The normalized spacial score (nSPS) is 15.2. The lowest BCUT2D eigenvalue weighted by molar-refractivity contribution is 0.0977. The fourth-order valence-corrected chi connectivity index (χ4v) is 5.62. The van der Waals surface area contributed by atoms with Crippen molar-refractivity contribution >= 4 is 22.0 Å². The maximum absolute atomic E-state index is 13.2. The van der Waals surface area contributed by atoms with Crippen molar-refractivity contribution in [3.05, 3.63) is 89.0 Å². The van der Waals surface area contributed by atoms with Crippen molar-refractivity contribution in [2.45, 2.75) is 11.7 Å². The molecule has 1 amide bonds. The number of piperazine rings is 1. The van der Waals surface area contributed by atoms with Crippen LogP contribution >= 0.6 is 0 Å². The first-order valence-electron chi connectivity index (χ1n) is 11.7. The van der Waals surface area contributed by atoms with Crippen molar-refractivity contribution in [1.82, 2.24) is 4.90 Å². The first-order chi connectivity index (χ1) is 17.3. The van der Waals surface area contributed by atoms with Gasteiger partial charge in [-0.3, -0.25) is 0 Å². The summed E-state index contributed by atoms with van der Waals surface area (Å²) < 4.78 is 41.2. The number of nitrogens with zero attached hydrogens (tertiary/aromatic N) is 2. The van der Waals surface area contributed by atoms with Gasteiger partial charge in [-0.2, -0.15) is 8.42 Å². The second-order valence-corrected chi connectivity index (χ2v) is 10.4. The molecule has 1 saturated heterocycles. The van der Waals surface area contributed by atoms with Crippen LogP contribution in [0.5, 0.6) is 0 Å². The van der Waals surface area contributed by atoms with Gasteiger partial charge in [0.1, 0.15) is 12.4 Å². The number of carbonyl (C=O) groups is 1. The molecule has 0 bridgehead atoms. The summed E-state index contributed by atoms with van der Waals surface area (Å²) in [5.41, 5.74) is 6.16. The molecule has 1 fully saturated rings. The van der Waals surface area contributed by atoms with Gasteiger partial charge in [0.15, 0.2) is 0 Å². The lowest BCUT2D eigenvalue weighted by Gasteiger charge is -2.36. The van der Waals surface area contributed by atoms with Crippen LogP contribution in [0.2, 0.25) is 0 Å². The quantitative estimate of drug-likeness (QED) is 0.377. The SMILES string of the molecule is C#Cc1cc(CS(=O)(=O)F)cc(N2CCN(C(=O)OCC3c4ccccc4-c4ccccc43)CC2)c1. The molecule has 0 N–H and O–H groups in total. The number of terminal acetylenes is 1. The Balaban J connectivity index is 1.22. The van der Waals surface area contributed by atoms with Gasteiger partial charge in [0.25, 0.3) is 0 Å². The van der Waals surface area contributed by atoms with Gasteiger partial charge in [0.2, 0.25) is 0 Å². The van der Waals surface area contributed by atoms with E-state index in [4.69, 9.17) is 11.2 Å². The summed E-state index contributed by atoms with van der Waals surface area (Å²) in [6, 6.07) is 21.3. The van der Waals surface area contributed by atoms with Gasteiger partial charge < -0.3 is 14.5 Å². The third-order valence-corrected chi connectivity index (χ3v) is 7.40. The highest BCUT2D eigenvalue weighted by molar-refractivity contribution is 7.85. The molecule has 184 valence electrons. The minimum absolute atomic E-state index is 0.000606. The van der Waals surface area contributed by atoms with Crippen LogP contribution in [0.1, 0.15) is 28.2 Å². The standard InChI is InChI=1S/C28H25FN2O4S/c1-2-20-15-21(19-36(29,33)34)17-22(16-20)30-11-13-31(14-12-30)28(32)35-18-27-25-9-5-3-7-23(25)24-8-4-6-10-26(24)27/h1,3-10,15-17,27H,11-14,18-19H2. The predicted molar refractivity (Wildman–Crippen MR) is 137 cm³/mol. The highest BCUT2D eigenvalue weighted by Gasteiger charge is 2.30. The minimum Gasteiger partial charge on any atom is -0.448 e. The fourth-order valence-electron chi connectivity index (χ4n) is 5.05. The molecule has 5 rings (SSSR count). The average Bonchev–Trinajstić information content (AvgIpc) is 3.20. The zero-order valence-electron chi connectivity index (χ0n) is 19.6. The molecule has 2 aliphatic rings. The molecule has 6 nitrogen and oxygen atoms in total. The molecular weight excluding hydrogens is 479 g/mol. The summed E-state index contributed by atoms with van der Waals surface area (Å²) in [5.74, 6) is 1.76. The second kappa shape index (κ2) is 9.67. The Hall–Kier alpha value is -3.83. The summed E-state index contributed by atoms with van der Waals surface area (Å²) in [6.45, 7) is 2.17. The first kappa shape index (κ1) is 23.9. The van der Waals surface area contributed by atoms with E-state index in [1.165, 1.54) is 17.2 Å². The van der Waals surface area contributed by atoms with Crippen LogP contribution in [0.15, 0.2) is 66.7 Å². The van der Waals surface area contributed by atoms with Gasteiger partial charge in [-0.15, -0.1) is 10.3 Å². The highest BCUT2D eigenvalue weighted by atomic mass is 32.3. The van der Waals surface area contributed by atoms with Crippen LogP contribution in [0.3, 0.4) is 0 Å². The molecule has 36 heavy (non-hydrogen) atoms. The fraction of sp³-hybridized carbons (Fsp3) is 0.250. The molecule has 0 aromatic heterocycles. The third-order valence-electron chi connectivity index (χ3n) is 6.72. The van der Waals surface area contributed by atoms with E-state index in [-0.39, 0.29) is 18.6 Å². The van der Waals surface area contributed by atoms with Gasteiger partial charge in [-0.05, 0) is 46.0 Å². The van der Waals surface area contributed by atoms with Gasteiger partial charge in [0, 0.05) is 43.3 Å². The highest BCUT2D eigenvalue weighted by Crippen LogP contribution is 2.44. The lowest BCUT2D eigenvalue weighted by atomic mass is 9.98. The molecule has 0 saturated carbocycles. The molecule has 8 heteroatoms. The first-order valence-corrected chi connectivity index (χ1v) is 13.3. The summed E-state index contributed by atoms with van der Waals surface area (Å²) in [7, 11) is -4.68. The van der Waals surface area contributed by atoms with Crippen molar-refractivity contribution < 1.29 is 21.8 Å². The number of carbonyl (C=O) groups excluding carboxylic acids is 1. The van der Waals surface area contributed by atoms with Crippen LogP contribution in [0, 0.1) is 12.3 Å². The number of fused-ring (bicyclic) bond motifs is 3. The Morgan fingerprint density at radius 3 is 2.17 bits per heavy atom. The van der Waals surface area contributed by atoms with Crippen LogP contribution in [0.4, 0.5) is 14.4 Å². The molecular formula is C28H25FN2O4S. The summed E-state index contributed by atoms with van der Waals surface area (Å²) in [6.07, 6.45) is 5.14. The van der Waals surface area contributed by atoms with E-state index < -0.39 is 16.0 Å². The number of halogens is 1. The number of benzene rings is 3. The number of amides is 1. The number of hydrogen-bond donors (Lipinski definition) is 0. The van der Waals surface area contributed by atoms with E-state index >= 15 is 0 Å². The number of ether oxygens (including phenoxy) is 1. The van der Waals surface area contributed by atoms with Gasteiger partial charge in [-0.1, -0.05) is 54.5 Å². The topological polar surface area (TPSA) is 66.9 Å². The average molecular weight is 505 g/mol. The van der Waals surface area contributed by atoms with Crippen LogP contribution in [-0.4, -0.2) is 52.2 Å². The molecule has 3 aromatic rings. The maximum atomic E-state index is 13.2. The minimum atomic E-state index is -4.68. The van der Waals surface area contributed by atoms with Crippen molar-refractivity contribution in [2.24, 2.45) is 0 Å². The smallest absolute Gasteiger partial charge is 0.409 e. The second-order valence-electron chi connectivity index (χ2n) is 8.99. The Bertz CT molecular complexity index is 1410. The van der Waals surface area contributed by atoms with E-state index in [1.54, 1.807) is 17.0 Å². The van der Waals surface area contributed by atoms with Crippen LogP contribution in [0.25, 0.3) is 11.1 Å². The van der Waals surface area contributed by atoms with E-state index in [9.17, 15) is 17.1 Å². The molecule has 0 spiro atoms. The van der Waals surface area contributed by atoms with Crippen molar-refractivity contribution in [3.8, 4) is 23.5 Å². The molecule has 0 unspecified atom stereocenters. The van der Waals surface area contributed by atoms with E-state index in [0.29, 0.717) is 43.0 Å². The van der Waals surface area contributed by atoms with Crippen molar-refractivity contribution in [3.63, 3.8) is 0 Å². The number of anilines is 1. The van der Waals surface area contributed by atoms with Crippen molar-refractivity contribution in [2.75, 3.05) is 37.7 Å². The van der Waals surface area contributed by atoms with Gasteiger partial charge in [-0.25, -0.2) is 4.79 Å². The molecule has 1 aliphatic heterocycles. The number of hydrogen-bond acceptors (Lipinski definition) is 5. The zero-order chi connectivity index (χ0) is 25.3. The summed E-state index contributed by atoms with van der Waals surface area (Å²) >= 11 is 0. The van der Waals surface area contributed by atoms with Crippen LogP contribution < -0.4 is 4.90 Å². The lowest BCUT2D eigenvalue weighted by Crippen LogP contribution is -2.49. The molecule has 0 atom stereocenters. The van der Waals surface area contributed by atoms with Gasteiger partial charge in [0.05, 0.1) is 0 Å². The Kier molecular flexibility index (Phi) is 6.42. The van der Waals surface area contributed by atoms with Crippen molar-refractivity contribution in [1.29, 1.82) is 0 Å². The van der Waals surface area contributed by atoms with E-state index in [0.717, 1.165) is 11.1 Å². The Morgan fingerprint density at radius 1 is 0.972 bits per heavy atom. The number of rotatable bonds is 5. The third kappa shape index (κ3) is 4.93.